The lowest BCUT2D eigenvalue weighted by Crippen LogP contribution is -2.28. The van der Waals surface area contributed by atoms with Crippen LogP contribution in [0.1, 0.15) is 48.2 Å². The first kappa shape index (κ1) is 17.0. The van der Waals surface area contributed by atoms with Crippen LogP contribution in [0.2, 0.25) is 0 Å². The number of hydrogen-bond acceptors (Lipinski definition) is 2. The summed E-state index contributed by atoms with van der Waals surface area (Å²) < 4.78 is 0. The lowest BCUT2D eigenvalue weighted by atomic mass is 10.0. The number of aryl methyl sites for hydroxylation is 1. The monoisotopic (exact) mass is 289 g/mol. The first-order valence-corrected chi connectivity index (χ1v) is 7.27. The van der Waals surface area contributed by atoms with Gasteiger partial charge in [0.05, 0.1) is 0 Å². The van der Waals surface area contributed by atoms with E-state index >= 15 is 0 Å². The molecule has 0 aliphatic carbocycles. The van der Waals surface area contributed by atoms with Gasteiger partial charge in [-0.25, -0.2) is 4.79 Å². The number of carbonyl (C=O) groups excluding carboxylic acids is 1. The molecule has 1 aromatic carbocycles. The topological polar surface area (TPSA) is 66.4 Å². The summed E-state index contributed by atoms with van der Waals surface area (Å²) in [6.45, 7) is 6.77. The minimum absolute atomic E-state index is 0.119. The van der Waals surface area contributed by atoms with Gasteiger partial charge in [-0.15, -0.1) is 0 Å². The zero-order valence-corrected chi connectivity index (χ0v) is 12.8. The Morgan fingerprint density at radius 3 is 2.52 bits per heavy atom. The molecule has 0 aromatic heterocycles. The minimum Gasteiger partial charge on any atom is -0.478 e. The van der Waals surface area contributed by atoms with E-state index in [0.717, 1.165) is 30.0 Å². The third-order valence-corrected chi connectivity index (χ3v) is 3.65. The molecule has 0 atom stereocenters. The molecule has 4 nitrogen and oxygen atoms in total. The summed E-state index contributed by atoms with van der Waals surface area (Å²) >= 11 is 0. The Morgan fingerprint density at radius 2 is 1.95 bits per heavy atom. The van der Waals surface area contributed by atoms with Crippen molar-refractivity contribution in [2.24, 2.45) is 5.92 Å². The van der Waals surface area contributed by atoms with Crippen LogP contribution in [-0.2, 0) is 4.79 Å². The van der Waals surface area contributed by atoms with Gasteiger partial charge in [-0.2, -0.15) is 0 Å². The predicted molar refractivity (Wildman–Crippen MR) is 84.3 cm³/mol. The van der Waals surface area contributed by atoms with Crippen LogP contribution in [-0.4, -0.2) is 23.5 Å². The maximum absolute atomic E-state index is 12.1. The van der Waals surface area contributed by atoms with E-state index in [2.05, 4.69) is 19.2 Å². The summed E-state index contributed by atoms with van der Waals surface area (Å²) in [5.41, 5.74) is 2.23. The second-order valence-corrected chi connectivity index (χ2v) is 5.14. The molecule has 0 aliphatic rings. The zero-order valence-electron chi connectivity index (χ0n) is 12.8. The number of amides is 1. The van der Waals surface area contributed by atoms with Gasteiger partial charge in [-0.3, -0.25) is 4.79 Å². The fourth-order valence-electron chi connectivity index (χ4n) is 2.04. The van der Waals surface area contributed by atoms with Crippen molar-refractivity contribution in [3.8, 4) is 0 Å². The molecule has 0 bridgehead atoms. The van der Waals surface area contributed by atoms with Gasteiger partial charge < -0.3 is 10.4 Å². The van der Waals surface area contributed by atoms with Crippen molar-refractivity contribution in [1.82, 2.24) is 5.32 Å². The molecule has 0 heterocycles. The molecular formula is C17H23NO3. The smallest absolute Gasteiger partial charge is 0.328 e. The molecule has 1 amide bonds. The summed E-state index contributed by atoms with van der Waals surface area (Å²) in [5.74, 6) is -0.629. The average Bonchev–Trinajstić information content (AvgIpc) is 2.47. The summed E-state index contributed by atoms with van der Waals surface area (Å²) in [7, 11) is 0. The van der Waals surface area contributed by atoms with Gasteiger partial charge in [-0.1, -0.05) is 32.8 Å². The lowest BCUT2D eigenvalue weighted by Gasteiger charge is -2.13. The highest BCUT2D eigenvalue weighted by atomic mass is 16.4. The molecular weight excluding hydrogens is 266 g/mol. The Hall–Kier alpha value is -2.10. The third-order valence-electron chi connectivity index (χ3n) is 3.65. The number of carbonyl (C=O) groups is 2. The van der Waals surface area contributed by atoms with E-state index in [9.17, 15) is 9.59 Å². The molecule has 4 heteroatoms. The van der Waals surface area contributed by atoms with Gasteiger partial charge in [-0.05, 0) is 42.2 Å². The van der Waals surface area contributed by atoms with Gasteiger partial charge in [0.15, 0.2) is 0 Å². The minimum atomic E-state index is -1.00. The molecule has 0 unspecified atom stereocenters. The van der Waals surface area contributed by atoms with Gasteiger partial charge in [0.25, 0.3) is 5.91 Å². The van der Waals surface area contributed by atoms with E-state index in [-0.39, 0.29) is 5.91 Å². The van der Waals surface area contributed by atoms with Gasteiger partial charge in [0.1, 0.15) is 0 Å². The fourth-order valence-corrected chi connectivity index (χ4v) is 2.04. The first-order valence-electron chi connectivity index (χ1n) is 7.27. The molecule has 0 saturated carbocycles. The van der Waals surface area contributed by atoms with Crippen LogP contribution in [0.3, 0.4) is 0 Å². The Labute approximate surface area is 125 Å². The van der Waals surface area contributed by atoms with Crippen LogP contribution < -0.4 is 5.32 Å². The molecule has 0 saturated heterocycles. The molecule has 1 aromatic rings. The van der Waals surface area contributed by atoms with Crippen molar-refractivity contribution < 1.29 is 14.7 Å². The number of hydrogen-bond donors (Lipinski definition) is 2. The normalized spacial score (nSPS) is 11.0. The molecule has 0 fully saturated rings. The predicted octanol–water partition coefficient (Wildman–Crippen LogP) is 3.26. The molecule has 0 radical (unpaired) electrons. The number of aliphatic carboxylic acids is 1. The van der Waals surface area contributed by atoms with Crippen LogP contribution >= 0.6 is 0 Å². The third kappa shape index (κ3) is 5.42. The van der Waals surface area contributed by atoms with E-state index in [1.165, 1.54) is 6.08 Å². The standard InChI is InChI=1S/C17H23NO3/c1-4-13(5-2)11-18-17(21)15-7-6-12(3)14(10-15)8-9-16(19)20/h6-10,13H,4-5,11H2,1-3H3,(H,18,21)(H,19,20)/b9-8+. The number of carboxylic acids is 1. The Balaban J connectivity index is 2.81. The first-order chi connectivity index (χ1) is 9.97. The Kier molecular flexibility index (Phi) is 6.66. The lowest BCUT2D eigenvalue weighted by molar-refractivity contribution is -0.131. The highest BCUT2D eigenvalue weighted by Gasteiger charge is 2.09. The molecule has 1 rings (SSSR count). The average molecular weight is 289 g/mol. The molecule has 114 valence electrons. The molecule has 0 spiro atoms. The van der Waals surface area contributed by atoms with E-state index in [0.29, 0.717) is 18.0 Å². The summed E-state index contributed by atoms with van der Waals surface area (Å²) in [4.78, 5) is 22.7. The van der Waals surface area contributed by atoms with Crippen molar-refractivity contribution >= 4 is 18.0 Å². The van der Waals surface area contributed by atoms with E-state index in [4.69, 9.17) is 5.11 Å². The van der Waals surface area contributed by atoms with Crippen LogP contribution in [0.25, 0.3) is 6.08 Å². The SMILES string of the molecule is CCC(CC)CNC(=O)c1ccc(C)c(/C=C/C(=O)O)c1. The summed E-state index contributed by atoms with van der Waals surface area (Å²) in [5, 5.41) is 11.6. The van der Waals surface area contributed by atoms with Crippen LogP contribution in [0, 0.1) is 12.8 Å². The van der Waals surface area contributed by atoms with Crippen molar-refractivity contribution in [2.45, 2.75) is 33.6 Å². The van der Waals surface area contributed by atoms with E-state index in [1.54, 1.807) is 12.1 Å². The van der Waals surface area contributed by atoms with Crippen molar-refractivity contribution in [3.63, 3.8) is 0 Å². The highest BCUT2D eigenvalue weighted by Crippen LogP contribution is 2.13. The Morgan fingerprint density at radius 1 is 1.29 bits per heavy atom. The quantitative estimate of drug-likeness (QED) is 0.757. The maximum atomic E-state index is 12.1. The van der Waals surface area contributed by atoms with Crippen LogP contribution in [0.5, 0.6) is 0 Å². The second-order valence-electron chi connectivity index (χ2n) is 5.14. The van der Waals surface area contributed by atoms with Gasteiger partial charge in [0, 0.05) is 18.2 Å². The van der Waals surface area contributed by atoms with Crippen LogP contribution in [0.4, 0.5) is 0 Å². The van der Waals surface area contributed by atoms with Crippen molar-refractivity contribution in [1.29, 1.82) is 0 Å². The number of nitrogens with one attached hydrogen (secondary N) is 1. The highest BCUT2D eigenvalue weighted by molar-refractivity contribution is 5.95. The van der Waals surface area contributed by atoms with Crippen molar-refractivity contribution in [3.05, 3.63) is 41.0 Å². The number of rotatable bonds is 7. The van der Waals surface area contributed by atoms with Crippen LogP contribution in [0.15, 0.2) is 24.3 Å². The van der Waals surface area contributed by atoms with E-state index < -0.39 is 5.97 Å². The zero-order chi connectivity index (χ0) is 15.8. The molecule has 2 N–H and O–H groups in total. The molecule has 0 aliphatic heterocycles. The largest absolute Gasteiger partial charge is 0.478 e. The van der Waals surface area contributed by atoms with Crippen molar-refractivity contribution in [2.75, 3.05) is 6.54 Å². The van der Waals surface area contributed by atoms with Gasteiger partial charge >= 0.3 is 5.97 Å². The summed E-state index contributed by atoms with van der Waals surface area (Å²) in [6.07, 6.45) is 4.66. The van der Waals surface area contributed by atoms with E-state index in [1.807, 2.05) is 13.0 Å². The fraction of sp³-hybridized carbons (Fsp3) is 0.412. The molecule has 21 heavy (non-hydrogen) atoms. The number of carboxylic acid groups (broad SMARTS) is 1. The Bertz CT molecular complexity index is 531. The van der Waals surface area contributed by atoms with Gasteiger partial charge in [0.2, 0.25) is 0 Å². The maximum Gasteiger partial charge on any atom is 0.328 e. The second kappa shape index (κ2) is 8.25. The number of benzene rings is 1. The summed E-state index contributed by atoms with van der Waals surface area (Å²) in [6, 6.07) is 5.31.